The van der Waals surface area contributed by atoms with Gasteiger partial charge in [0, 0.05) is 12.5 Å². The lowest BCUT2D eigenvalue weighted by atomic mass is 10.3. The molecule has 0 radical (unpaired) electrons. The molecule has 5 nitrogen and oxygen atoms in total. The number of carboxylic acid groups (broad SMARTS) is 1. The van der Waals surface area contributed by atoms with E-state index >= 15 is 0 Å². The van der Waals surface area contributed by atoms with Crippen LogP contribution in [0.1, 0.15) is 12.8 Å². The first-order chi connectivity index (χ1) is 10.1. The summed E-state index contributed by atoms with van der Waals surface area (Å²) in [5.74, 6) is 0.681. The molecule has 0 heterocycles. The Labute approximate surface area is 122 Å². The molecule has 0 bridgehead atoms. The molecule has 0 saturated heterocycles. The normalized spacial score (nSPS) is 10.1. The van der Waals surface area contributed by atoms with E-state index in [0.717, 1.165) is 0 Å². The van der Waals surface area contributed by atoms with E-state index in [4.69, 9.17) is 14.6 Å². The number of carbonyl (C=O) groups is 1. The third-order valence-corrected chi connectivity index (χ3v) is 2.69. The van der Waals surface area contributed by atoms with Crippen LogP contribution in [-0.2, 0) is 4.79 Å². The van der Waals surface area contributed by atoms with Crippen molar-refractivity contribution >= 4 is 5.97 Å². The molecule has 2 aromatic rings. The van der Waals surface area contributed by atoms with Gasteiger partial charge in [-0.05, 0) is 30.7 Å². The first-order valence-corrected chi connectivity index (χ1v) is 6.55. The number of phenols is 1. The highest BCUT2D eigenvalue weighted by molar-refractivity contribution is 5.66. The number of aromatic hydroxyl groups is 1. The molecule has 5 heteroatoms. The molecule has 2 N–H and O–H groups in total. The predicted molar refractivity (Wildman–Crippen MR) is 77.0 cm³/mol. The van der Waals surface area contributed by atoms with Gasteiger partial charge in [0.2, 0.25) is 0 Å². The summed E-state index contributed by atoms with van der Waals surface area (Å²) in [6, 6.07) is 13.7. The van der Waals surface area contributed by atoms with Gasteiger partial charge >= 0.3 is 5.97 Å². The van der Waals surface area contributed by atoms with Crippen LogP contribution < -0.4 is 9.47 Å². The number of aliphatic carboxylic acids is 1. The van der Waals surface area contributed by atoms with Crippen LogP contribution in [0, 0.1) is 0 Å². The SMILES string of the molecule is O=C(O)CCCOc1ccc(O)cc1Oc1ccccc1. The number of hydrogen-bond acceptors (Lipinski definition) is 4. The maximum atomic E-state index is 10.5. The molecule has 0 aromatic heterocycles. The predicted octanol–water partition coefficient (Wildman–Crippen LogP) is 3.43. The first kappa shape index (κ1) is 14.7. The highest BCUT2D eigenvalue weighted by atomic mass is 16.5. The van der Waals surface area contributed by atoms with Gasteiger partial charge < -0.3 is 19.7 Å². The van der Waals surface area contributed by atoms with E-state index in [-0.39, 0.29) is 18.8 Å². The summed E-state index contributed by atoms with van der Waals surface area (Å²) in [4.78, 5) is 10.5. The average Bonchev–Trinajstić information content (AvgIpc) is 2.46. The highest BCUT2D eigenvalue weighted by Crippen LogP contribution is 2.34. The molecule has 0 spiro atoms. The molecular formula is C16H16O5. The van der Waals surface area contributed by atoms with Crippen LogP contribution in [0.4, 0.5) is 0 Å². The topological polar surface area (TPSA) is 76.0 Å². The number of rotatable bonds is 7. The summed E-state index contributed by atoms with van der Waals surface area (Å²) in [5, 5.41) is 18.1. The van der Waals surface area contributed by atoms with Gasteiger partial charge in [-0.1, -0.05) is 18.2 Å². The van der Waals surface area contributed by atoms with E-state index in [2.05, 4.69) is 0 Å². The van der Waals surface area contributed by atoms with Gasteiger partial charge in [-0.15, -0.1) is 0 Å². The van der Waals surface area contributed by atoms with Crippen molar-refractivity contribution in [3.63, 3.8) is 0 Å². The molecule has 0 aliphatic rings. The molecule has 0 saturated carbocycles. The summed E-state index contributed by atoms with van der Waals surface area (Å²) < 4.78 is 11.2. The number of carboxylic acids is 1. The molecule has 21 heavy (non-hydrogen) atoms. The summed E-state index contributed by atoms with van der Waals surface area (Å²) in [5.41, 5.74) is 0. The van der Waals surface area contributed by atoms with Crippen molar-refractivity contribution in [2.45, 2.75) is 12.8 Å². The van der Waals surface area contributed by atoms with E-state index in [1.807, 2.05) is 18.2 Å². The number of benzene rings is 2. The minimum Gasteiger partial charge on any atom is -0.508 e. The number of ether oxygens (including phenoxy) is 2. The Balaban J connectivity index is 2.05. The quantitative estimate of drug-likeness (QED) is 0.763. The number of hydrogen-bond donors (Lipinski definition) is 2. The Morgan fingerprint density at radius 3 is 2.52 bits per heavy atom. The van der Waals surface area contributed by atoms with Crippen molar-refractivity contribution in [1.82, 2.24) is 0 Å². The molecule has 2 rings (SSSR count). The highest BCUT2D eigenvalue weighted by Gasteiger charge is 2.08. The van der Waals surface area contributed by atoms with E-state index in [1.54, 1.807) is 18.2 Å². The van der Waals surface area contributed by atoms with Crippen LogP contribution in [-0.4, -0.2) is 22.8 Å². The van der Waals surface area contributed by atoms with E-state index < -0.39 is 5.97 Å². The number of para-hydroxylation sites is 1. The zero-order chi connectivity index (χ0) is 15.1. The number of phenolic OH excluding ortho intramolecular Hbond substituents is 1. The van der Waals surface area contributed by atoms with E-state index in [9.17, 15) is 9.90 Å². The van der Waals surface area contributed by atoms with Crippen molar-refractivity contribution in [2.75, 3.05) is 6.61 Å². The van der Waals surface area contributed by atoms with Gasteiger partial charge in [-0.2, -0.15) is 0 Å². The van der Waals surface area contributed by atoms with Gasteiger partial charge in [-0.25, -0.2) is 0 Å². The van der Waals surface area contributed by atoms with Gasteiger partial charge in [-0.3, -0.25) is 4.79 Å². The van der Waals surface area contributed by atoms with Crippen molar-refractivity contribution in [3.8, 4) is 23.0 Å². The minimum absolute atomic E-state index is 0.0486. The monoisotopic (exact) mass is 288 g/mol. The molecule has 0 unspecified atom stereocenters. The molecule has 110 valence electrons. The third-order valence-electron chi connectivity index (χ3n) is 2.69. The Morgan fingerprint density at radius 2 is 1.81 bits per heavy atom. The fourth-order valence-electron chi connectivity index (χ4n) is 1.72. The van der Waals surface area contributed by atoms with Gasteiger partial charge in [0.15, 0.2) is 11.5 Å². The van der Waals surface area contributed by atoms with Crippen molar-refractivity contribution < 1.29 is 24.5 Å². The molecule has 2 aromatic carbocycles. The first-order valence-electron chi connectivity index (χ1n) is 6.55. The second-order valence-corrected chi connectivity index (χ2v) is 4.39. The van der Waals surface area contributed by atoms with Crippen molar-refractivity contribution in [2.24, 2.45) is 0 Å². The zero-order valence-electron chi connectivity index (χ0n) is 11.4. The second-order valence-electron chi connectivity index (χ2n) is 4.39. The lowest BCUT2D eigenvalue weighted by Crippen LogP contribution is -2.02. The third kappa shape index (κ3) is 4.72. The molecule has 0 aliphatic carbocycles. The second kappa shape index (κ2) is 7.19. The summed E-state index contributed by atoms with van der Waals surface area (Å²) in [7, 11) is 0. The van der Waals surface area contributed by atoms with Gasteiger partial charge in [0.25, 0.3) is 0 Å². The van der Waals surface area contributed by atoms with Crippen molar-refractivity contribution in [3.05, 3.63) is 48.5 Å². The van der Waals surface area contributed by atoms with Crippen LogP contribution in [0.25, 0.3) is 0 Å². The maximum absolute atomic E-state index is 10.5. The minimum atomic E-state index is -0.856. The standard InChI is InChI=1S/C16H16O5/c17-12-8-9-14(20-10-4-7-16(18)19)15(11-12)21-13-5-2-1-3-6-13/h1-3,5-6,8-9,11,17H,4,7,10H2,(H,18,19). The lowest BCUT2D eigenvalue weighted by Gasteiger charge is -2.12. The van der Waals surface area contributed by atoms with Crippen LogP contribution in [0.2, 0.25) is 0 Å². The summed E-state index contributed by atoms with van der Waals surface area (Å²) in [6.45, 7) is 0.266. The smallest absolute Gasteiger partial charge is 0.303 e. The van der Waals surface area contributed by atoms with Crippen LogP contribution >= 0.6 is 0 Å². The fraction of sp³-hybridized carbons (Fsp3) is 0.188. The Hall–Kier alpha value is -2.69. The largest absolute Gasteiger partial charge is 0.508 e. The van der Waals surface area contributed by atoms with E-state index in [1.165, 1.54) is 12.1 Å². The summed E-state index contributed by atoms with van der Waals surface area (Å²) in [6.07, 6.45) is 0.452. The Kier molecular flexibility index (Phi) is 5.04. The molecule has 0 fully saturated rings. The fourth-order valence-corrected chi connectivity index (χ4v) is 1.72. The molecule has 0 aliphatic heterocycles. The Morgan fingerprint density at radius 1 is 1.05 bits per heavy atom. The van der Waals surface area contributed by atoms with Gasteiger partial charge in [0.1, 0.15) is 11.5 Å². The van der Waals surface area contributed by atoms with Crippen LogP contribution in [0.3, 0.4) is 0 Å². The Bertz CT molecular complexity index is 595. The molecule has 0 amide bonds. The maximum Gasteiger partial charge on any atom is 0.303 e. The van der Waals surface area contributed by atoms with Gasteiger partial charge in [0.05, 0.1) is 6.61 Å². The van der Waals surface area contributed by atoms with Crippen LogP contribution in [0.15, 0.2) is 48.5 Å². The average molecular weight is 288 g/mol. The zero-order valence-corrected chi connectivity index (χ0v) is 11.4. The lowest BCUT2D eigenvalue weighted by molar-refractivity contribution is -0.137. The van der Waals surface area contributed by atoms with E-state index in [0.29, 0.717) is 23.7 Å². The van der Waals surface area contributed by atoms with Crippen LogP contribution in [0.5, 0.6) is 23.0 Å². The molecule has 0 atom stereocenters. The summed E-state index contributed by atoms with van der Waals surface area (Å²) >= 11 is 0. The molecular weight excluding hydrogens is 272 g/mol. The van der Waals surface area contributed by atoms with Crippen molar-refractivity contribution in [1.29, 1.82) is 0 Å².